The summed E-state index contributed by atoms with van der Waals surface area (Å²) in [4.78, 5) is 8.61. The summed E-state index contributed by atoms with van der Waals surface area (Å²) in [6.07, 6.45) is 0.957. The summed E-state index contributed by atoms with van der Waals surface area (Å²) in [5.74, 6) is 3.21. The second-order valence-corrected chi connectivity index (χ2v) is 4.06. The third kappa shape index (κ3) is 5.74. The molecule has 5 nitrogen and oxygen atoms in total. The maximum atomic E-state index is 4.99. The molecule has 96 valence electrons. The van der Waals surface area contributed by atoms with E-state index in [1.54, 1.807) is 7.11 Å². The van der Waals surface area contributed by atoms with E-state index in [0.29, 0.717) is 0 Å². The number of thiol groups is 1. The van der Waals surface area contributed by atoms with Crippen LogP contribution in [0, 0.1) is 6.92 Å². The number of methoxy groups -OCH3 is 1. The van der Waals surface area contributed by atoms with E-state index in [9.17, 15) is 0 Å². The molecule has 0 unspecified atom stereocenters. The highest BCUT2D eigenvalue weighted by molar-refractivity contribution is 7.80. The average molecular weight is 256 g/mol. The van der Waals surface area contributed by atoms with E-state index in [1.807, 2.05) is 13.0 Å². The molecule has 1 aromatic rings. The Kier molecular flexibility index (Phi) is 6.73. The molecule has 0 amide bonds. The topological polar surface area (TPSA) is 59.1 Å². The minimum absolute atomic E-state index is 0.752. The fourth-order valence-corrected chi connectivity index (χ4v) is 1.48. The lowest BCUT2D eigenvalue weighted by Crippen LogP contribution is -2.10. The van der Waals surface area contributed by atoms with Crippen molar-refractivity contribution in [2.45, 2.75) is 13.3 Å². The number of rotatable bonds is 8. The molecule has 2 N–H and O–H groups in total. The van der Waals surface area contributed by atoms with Crippen molar-refractivity contribution in [3.05, 3.63) is 11.9 Å². The Morgan fingerprint density at radius 1 is 1.24 bits per heavy atom. The summed E-state index contributed by atoms with van der Waals surface area (Å²) in [7, 11) is 1.70. The summed E-state index contributed by atoms with van der Waals surface area (Å²) in [6.45, 7) is 4.27. The molecule has 0 aromatic carbocycles. The monoisotopic (exact) mass is 256 g/mol. The number of hydrogen-bond acceptors (Lipinski definition) is 6. The normalized spacial score (nSPS) is 10.3. The molecule has 0 spiro atoms. The predicted molar refractivity (Wildman–Crippen MR) is 74.1 cm³/mol. The van der Waals surface area contributed by atoms with Gasteiger partial charge in [-0.1, -0.05) is 0 Å². The third-order valence-electron chi connectivity index (χ3n) is 2.09. The van der Waals surface area contributed by atoms with Crippen molar-refractivity contribution < 1.29 is 4.74 Å². The van der Waals surface area contributed by atoms with Crippen molar-refractivity contribution >= 4 is 24.3 Å². The summed E-state index contributed by atoms with van der Waals surface area (Å²) in [5, 5.41) is 6.43. The van der Waals surface area contributed by atoms with Crippen molar-refractivity contribution in [3.63, 3.8) is 0 Å². The molecule has 0 saturated carbocycles. The van der Waals surface area contributed by atoms with E-state index in [1.165, 1.54) is 0 Å². The second-order valence-electron chi connectivity index (χ2n) is 3.61. The number of nitrogens with one attached hydrogen (secondary N) is 2. The SMILES string of the molecule is COCCCNc1cc(NCCS)nc(C)n1. The van der Waals surface area contributed by atoms with Gasteiger partial charge in [-0.2, -0.15) is 12.6 Å². The maximum absolute atomic E-state index is 4.99. The van der Waals surface area contributed by atoms with Crippen LogP contribution < -0.4 is 10.6 Å². The van der Waals surface area contributed by atoms with E-state index in [0.717, 1.165) is 49.3 Å². The summed E-state index contributed by atoms with van der Waals surface area (Å²) < 4.78 is 4.99. The third-order valence-corrected chi connectivity index (χ3v) is 2.31. The van der Waals surface area contributed by atoms with Crippen molar-refractivity contribution in [2.24, 2.45) is 0 Å². The Labute approximate surface area is 108 Å². The van der Waals surface area contributed by atoms with Crippen LogP contribution in [0.3, 0.4) is 0 Å². The molecule has 6 heteroatoms. The molecule has 1 rings (SSSR count). The van der Waals surface area contributed by atoms with Crippen LogP contribution in [0.1, 0.15) is 12.2 Å². The molecule has 17 heavy (non-hydrogen) atoms. The van der Waals surface area contributed by atoms with Crippen LogP contribution in [0.25, 0.3) is 0 Å². The lowest BCUT2D eigenvalue weighted by atomic mass is 10.4. The van der Waals surface area contributed by atoms with Crippen LogP contribution in [0.5, 0.6) is 0 Å². The molecule has 0 bridgehead atoms. The van der Waals surface area contributed by atoms with Crippen LogP contribution in [0.4, 0.5) is 11.6 Å². The molecule has 1 aromatic heterocycles. The van der Waals surface area contributed by atoms with Gasteiger partial charge in [0.05, 0.1) is 0 Å². The van der Waals surface area contributed by atoms with Crippen LogP contribution in [0.2, 0.25) is 0 Å². The lowest BCUT2D eigenvalue weighted by Gasteiger charge is -2.09. The van der Waals surface area contributed by atoms with E-state index < -0.39 is 0 Å². The molecule has 0 radical (unpaired) electrons. The Morgan fingerprint density at radius 2 is 1.88 bits per heavy atom. The zero-order chi connectivity index (χ0) is 12.5. The first kappa shape index (κ1) is 14.1. The Morgan fingerprint density at radius 3 is 2.47 bits per heavy atom. The van der Waals surface area contributed by atoms with Gasteiger partial charge in [-0.25, -0.2) is 9.97 Å². The smallest absolute Gasteiger partial charge is 0.131 e. The molecular weight excluding hydrogens is 236 g/mol. The minimum Gasteiger partial charge on any atom is -0.385 e. The van der Waals surface area contributed by atoms with Gasteiger partial charge in [0.2, 0.25) is 0 Å². The zero-order valence-electron chi connectivity index (χ0n) is 10.4. The lowest BCUT2D eigenvalue weighted by molar-refractivity contribution is 0.198. The van der Waals surface area contributed by atoms with Gasteiger partial charge in [-0.15, -0.1) is 0 Å². The van der Waals surface area contributed by atoms with Gasteiger partial charge in [-0.3, -0.25) is 0 Å². The largest absolute Gasteiger partial charge is 0.385 e. The summed E-state index contributed by atoms with van der Waals surface area (Å²) in [5.41, 5.74) is 0. The number of ether oxygens (including phenoxy) is 1. The molecule has 0 aliphatic heterocycles. The van der Waals surface area contributed by atoms with Gasteiger partial charge in [0.1, 0.15) is 17.5 Å². The van der Waals surface area contributed by atoms with Crippen molar-refractivity contribution in [2.75, 3.05) is 43.2 Å². The summed E-state index contributed by atoms with van der Waals surface area (Å²) in [6, 6.07) is 1.91. The van der Waals surface area contributed by atoms with Crippen LogP contribution in [-0.2, 0) is 4.74 Å². The first-order valence-corrected chi connectivity index (χ1v) is 6.32. The standard InChI is InChI=1S/C11H20N4OS/c1-9-14-10(12-4-3-6-16-2)8-11(15-9)13-5-7-17/h8,17H,3-7H2,1-2H3,(H2,12,13,14,15). The molecule has 1 heterocycles. The second kappa shape index (κ2) is 8.14. The molecule has 0 aliphatic carbocycles. The zero-order valence-corrected chi connectivity index (χ0v) is 11.3. The van der Waals surface area contributed by atoms with Crippen molar-refractivity contribution in [3.8, 4) is 0 Å². The Balaban J connectivity index is 2.50. The summed E-state index contributed by atoms with van der Waals surface area (Å²) >= 11 is 4.15. The van der Waals surface area contributed by atoms with E-state index in [-0.39, 0.29) is 0 Å². The predicted octanol–water partition coefficient (Wildman–Crippen LogP) is 1.58. The molecule has 0 aliphatic rings. The van der Waals surface area contributed by atoms with Crippen molar-refractivity contribution in [1.29, 1.82) is 0 Å². The number of anilines is 2. The first-order valence-electron chi connectivity index (χ1n) is 5.69. The van der Waals surface area contributed by atoms with Crippen LogP contribution in [-0.4, -0.2) is 42.5 Å². The molecule has 0 saturated heterocycles. The molecule has 0 atom stereocenters. The molecular formula is C11H20N4OS. The highest BCUT2D eigenvalue weighted by Gasteiger charge is 2.00. The van der Waals surface area contributed by atoms with Crippen molar-refractivity contribution in [1.82, 2.24) is 9.97 Å². The van der Waals surface area contributed by atoms with Gasteiger partial charge < -0.3 is 15.4 Å². The van der Waals surface area contributed by atoms with Crippen LogP contribution >= 0.6 is 12.6 Å². The molecule has 0 fully saturated rings. The van der Waals surface area contributed by atoms with E-state index >= 15 is 0 Å². The van der Waals surface area contributed by atoms with Crippen LogP contribution in [0.15, 0.2) is 6.07 Å². The van der Waals surface area contributed by atoms with Gasteiger partial charge in [0, 0.05) is 38.6 Å². The van der Waals surface area contributed by atoms with E-state index in [4.69, 9.17) is 4.74 Å². The van der Waals surface area contributed by atoms with Gasteiger partial charge >= 0.3 is 0 Å². The van der Waals surface area contributed by atoms with E-state index in [2.05, 4.69) is 33.2 Å². The van der Waals surface area contributed by atoms with Gasteiger partial charge in [0.25, 0.3) is 0 Å². The Hall–Kier alpha value is -1.01. The first-order chi connectivity index (χ1) is 8.26. The maximum Gasteiger partial charge on any atom is 0.131 e. The average Bonchev–Trinajstić information content (AvgIpc) is 2.31. The Bertz CT molecular complexity index is 335. The number of nitrogens with zero attached hydrogens (tertiary/aromatic N) is 2. The fourth-order valence-electron chi connectivity index (χ4n) is 1.37. The number of hydrogen-bond donors (Lipinski definition) is 3. The van der Waals surface area contributed by atoms with Gasteiger partial charge in [0.15, 0.2) is 0 Å². The highest BCUT2D eigenvalue weighted by atomic mass is 32.1. The number of aromatic nitrogens is 2. The number of aryl methyl sites for hydroxylation is 1. The fraction of sp³-hybridized carbons (Fsp3) is 0.636. The highest BCUT2D eigenvalue weighted by Crippen LogP contribution is 2.10. The van der Waals surface area contributed by atoms with Gasteiger partial charge in [-0.05, 0) is 13.3 Å². The minimum atomic E-state index is 0.752. The quantitative estimate of drug-likeness (QED) is 0.487.